The normalized spacial score (nSPS) is 12.0. The van der Waals surface area contributed by atoms with Crippen LogP contribution in [0, 0.1) is 0 Å². The quantitative estimate of drug-likeness (QED) is 0.282. The molecule has 0 aliphatic carbocycles. The average Bonchev–Trinajstić information content (AvgIpc) is 2.78. The van der Waals surface area contributed by atoms with Crippen LogP contribution in [0.2, 0.25) is 5.02 Å². The fourth-order valence-corrected chi connectivity index (χ4v) is 3.70. The number of hydrogen-bond acceptors (Lipinski definition) is 4. The molecule has 3 aromatic carbocycles. The van der Waals surface area contributed by atoms with Gasteiger partial charge in [-0.1, -0.05) is 65.3 Å². The average molecular weight is 399 g/mol. The Morgan fingerprint density at radius 1 is 0.862 bits per heavy atom. The molecule has 0 radical (unpaired) electrons. The highest BCUT2D eigenvalue weighted by atomic mass is 35.5. The molecular formula is C24H15ClN2O2. The molecule has 4 nitrogen and oxygen atoms in total. The van der Waals surface area contributed by atoms with Crippen LogP contribution in [0.3, 0.4) is 0 Å². The third-order valence-electron chi connectivity index (χ3n) is 4.92. The van der Waals surface area contributed by atoms with Crippen LogP contribution in [-0.4, -0.2) is 10.2 Å². The Labute approximate surface area is 171 Å². The molecular weight excluding hydrogens is 384 g/mol. The van der Waals surface area contributed by atoms with Gasteiger partial charge in [0.2, 0.25) is 0 Å². The van der Waals surface area contributed by atoms with Gasteiger partial charge in [0.1, 0.15) is 16.6 Å². The number of aromatic nitrogens is 1. The minimum absolute atomic E-state index is 0.418. The summed E-state index contributed by atoms with van der Waals surface area (Å²) in [6.45, 7) is 0. The number of nitrogens with zero attached hydrogens (tertiary/aromatic N) is 2. The van der Waals surface area contributed by atoms with Crippen molar-refractivity contribution in [2.45, 2.75) is 0 Å². The summed E-state index contributed by atoms with van der Waals surface area (Å²) < 4.78 is 6.16. The molecule has 0 atom stereocenters. The SMILES string of the molecule is O/N=c1\cc(-c2cc3ccccc3cn2)oc2cc(-c3ccccc3Cl)ccc12. The third-order valence-corrected chi connectivity index (χ3v) is 5.25. The van der Waals surface area contributed by atoms with Gasteiger partial charge in [0.05, 0.1) is 0 Å². The Balaban J connectivity index is 1.73. The smallest absolute Gasteiger partial charge is 0.155 e. The third kappa shape index (κ3) is 3.13. The van der Waals surface area contributed by atoms with Crippen LogP contribution in [0.25, 0.3) is 44.3 Å². The summed E-state index contributed by atoms with van der Waals surface area (Å²) in [4.78, 5) is 4.52. The van der Waals surface area contributed by atoms with E-state index in [0.717, 1.165) is 21.9 Å². The van der Waals surface area contributed by atoms with E-state index in [0.29, 0.717) is 32.8 Å². The van der Waals surface area contributed by atoms with Gasteiger partial charge in [-0.3, -0.25) is 4.98 Å². The highest BCUT2D eigenvalue weighted by molar-refractivity contribution is 6.33. The molecule has 0 bridgehead atoms. The Bertz CT molecular complexity index is 1440. The fourth-order valence-electron chi connectivity index (χ4n) is 3.46. The summed E-state index contributed by atoms with van der Waals surface area (Å²) in [6.07, 6.45) is 1.81. The van der Waals surface area contributed by atoms with Gasteiger partial charge < -0.3 is 9.62 Å². The van der Waals surface area contributed by atoms with Gasteiger partial charge in [-0.15, -0.1) is 0 Å². The molecule has 2 heterocycles. The maximum Gasteiger partial charge on any atom is 0.155 e. The monoisotopic (exact) mass is 398 g/mol. The van der Waals surface area contributed by atoms with Crippen molar-refractivity contribution < 1.29 is 9.62 Å². The Hall–Kier alpha value is -3.63. The second-order valence-corrected chi connectivity index (χ2v) is 7.11. The van der Waals surface area contributed by atoms with Gasteiger partial charge in [0, 0.05) is 33.6 Å². The zero-order chi connectivity index (χ0) is 19.8. The molecule has 0 spiro atoms. The molecule has 0 amide bonds. The number of fused-ring (bicyclic) bond motifs is 2. The van der Waals surface area contributed by atoms with Gasteiger partial charge >= 0.3 is 0 Å². The van der Waals surface area contributed by atoms with Gasteiger partial charge in [-0.05, 0) is 35.2 Å². The summed E-state index contributed by atoms with van der Waals surface area (Å²) in [5, 5.41) is 16.9. The summed E-state index contributed by atoms with van der Waals surface area (Å²) >= 11 is 6.35. The first kappa shape index (κ1) is 17.5. The van der Waals surface area contributed by atoms with Crippen molar-refractivity contribution in [2.24, 2.45) is 5.16 Å². The molecule has 5 rings (SSSR count). The zero-order valence-corrected chi connectivity index (χ0v) is 16.0. The van der Waals surface area contributed by atoms with E-state index in [4.69, 9.17) is 16.0 Å². The molecule has 5 aromatic rings. The maximum atomic E-state index is 9.55. The van der Waals surface area contributed by atoms with E-state index >= 15 is 0 Å². The molecule has 0 aliphatic heterocycles. The van der Waals surface area contributed by atoms with Gasteiger partial charge in [0.15, 0.2) is 5.76 Å². The predicted octanol–water partition coefficient (Wildman–Crippen LogP) is 6.26. The highest BCUT2D eigenvalue weighted by Crippen LogP contribution is 2.31. The second-order valence-electron chi connectivity index (χ2n) is 6.70. The molecule has 2 aromatic heterocycles. The lowest BCUT2D eigenvalue weighted by Crippen LogP contribution is -2.03. The molecule has 29 heavy (non-hydrogen) atoms. The van der Waals surface area contributed by atoms with Crippen molar-refractivity contribution in [3.8, 4) is 22.6 Å². The number of halogens is 1. The van der Waals surface area contributed by atoms with Gasteiger partial charge in [0.25, 0.3) is 0 Å². The van der Waals surface area contributed by atoms with Crippen molar-refractivity contribution in [3.05, 3.63) is 95.4 Å². The van der Waals surface area contributed by atoms with E-state index in [1.165, 1.54) is 0 Å². The molecule has 0 fully saturated rings. The van der Waals surface area contributed by atoms with Crippen LogP contribution in [0.4, 0.5) is 0 Å². The number of rotatable bonds is 2. The van der Waals surface area contributed by atoms with E-state index in [2.05, 4.69) is 10.1 Å². The first-order valence-corrected chi connectivity index (χ1v) is 9.47. The second kappa shape index (κ2) is 7.08. The molecule has 0 saturated carbocycles. The molecule has 5 heteroatoms. The Kier molecular flexibility index (Phi) is 4.26. The van der Waals surface area contributed by atoms with E-state index in [9.17, 15) is 5.21 Å². The highest BCUT2D eigenvalue weighted by Gasteiger charge is 2.11. The Morgan fingerprint density at radius 3 is 2.48 bits per heavy atom. The van der Waals surface area contributed by atoms with Crippen molar-refractivity contribution in [1.29, 1.82) is 0 Å². The van der Waals surface area contributed by atoms with E-state index in [-0.39, 0.29) is 0 Å². The molecule has 0 saturated heterocycles. The van der Waals surface area contributed by atoms with Crippen LogP contribution in [0.5, 0.6) is 0 Å². The van der Waals surface area contributed by atoms with Crippen LogP contribution < -0.4 is 5.36 Å². The van der Waals surface area contributed by atoms with Gasteiger partial charge in [-0.2, -0.15) is 0 Å². The summed E-state index contributed by atoms with van der Waals surface area (Å²) in [7, 11) is 0. The number of hydrogen-bond donors (Lipinski definition) is 1. The first-order valence-electron chi connectivity index (χ1n) is 9.09. The van der Waals surface area contributed by atoms with Gasteiger partial charge in [-0.25, -0.2) is 0 Å². The lowest BCUT2D eigenvalue weighted by Gasteiger charge is -2.08. The minimum atomic E-state index is 0.418. The summed E-state index contributed by atoms with van der Waals surface area (Å²) in [5.41, 5.74) is 3.07. The lowest BCUT2D eigenvalue weighted by atomic mass is 10.0. The lowest BCUT2D eigenvalue weighted by molar-refractivity contribution is 0.302. The Morgan fingerprint density at radius 2 is 1.66 bits per heavy atom. The fraction of sp³-hybridized carbons (Fsp3) is 0. The number of pyridine rings is 1. The molecule has 1 N–H and O–H groups in total. The topological polar surface area (TPSA) is 58.6 Å². The van der Waals surface area contributed by atoms with E-state index in [1.54, 1.807) is 12.3 Å². The maximum absolute atomic E-state index is 9.55. The minimum Gasteiger partial charge on any atom is -0.454 e. The number of benzene rings is 3. The van der Waals surface area contributed by atoms with Crippen LogP contribution in [0.15, 0.2) is 94.6 Å². The standard InChI is InChI=1S/C24H15ClN2O2/c25-20-8-4-3-7-18(20)16-9-10-19-21(27-28)13-24(29-23(19)12-16)22-11-15-5-1-2-6-17(15)14-26-22/h1-14,28H/b27-21+. The zero-order valence-electron chi connectivity index (χ0n) is 15.2. The predicted molar refractivity (Wildman–Crippen MR) is 115 cm³/mol. The van der Waals surface area contributed by atoms with E-state index in [1.807, 2.05) is 72.8 Å². The van der Waals surface area contributed by atoms with Crippen LogP contribution >= 0.6 is 11.6 Å². The van der Waals surface area contributed by atoms with Crippen molar-refractivity contribution in [2.75, 3.05) is 0 Å². The molecule has 0 aliphatic rings. The summed E-state index contributed by atoms with van der Waals surface area (Å²) in [5.74, 6) is 0.521. The van der Waals surface area contributed by atoms with Crippen molar-refractivity contribution in [3.63, 3.8) is 0 Å². The van der Waals surface area contributed by atoms with Crippen LogP contribution in [0.1, 0.15) is 0 Å². The summed E-state index contributed by atoms with van der Waals surface area (Å²) in [6, 6.07) is 25.0. The largest absolute Gasteiger partial charge is 0.454 e. The van der Waals surface area contributed by atoms with Crippen molar-refractivity contribution >= 4 is 33.3 Å². The van der Waals surface area contributed by atoms with E-state index < -0.39 is 0 Å². The molecule has 0 unspecified atom stereocenters. The van der Waals surface area contributed by atoms with Crippen molar-refractivity contribution in [1.82, 2.24) is 4.98 Å². The molecule has 140 valence electrons. The first-order chi connectivity index (χ1) is 14.2. The van der Waals surface area contributed by atoms with Crippen LogP contribution in [-0.2, 0) is 0 Å².